The second kappa shape index (κ2) is 72.3. The fourth-order valence-electron chi connectivity index (χ4n) is 12.6. The van der Waals surface area contributed by atoms with E-state index in [1.165, 1.54) is 379 Å². The Morgan fingerprint density at radius 3 is 0.744 bits per heavy atom. The monoisotopic (exact) mass is 1160 g/mol. The van der Waals surface area contributed by atoms with Crippen molar-refractivity contribution in [3.8, 4) is 0 Å². The summed E-state index contributed by atoms with van der Waals surface area (Å²) in [5.74, 6) is 0.00122. The topological polar surface area (TPSA) is 95.9 Å². The second-order valence-electron chi connectivity index (χ2n) is 26.7. The van der Waals surface area contributed by atoms with Crippen molar-refractivity contribution in [2.45, 2.75) is 463 Å². The Hall–Kier alpha value is -1.14. The largest absolute Gasteiger partial charge is 0.466 e. The summed E-state index contributed by atoms with van der Waals surface area (Å²) >= 11 is 0. The van der Waals surface area contributed by atoms with Gasteiger partial charge >= 0.3 is 5.97 Å². The van der Waals surface area contributed by atoms with Crippen LogP contribution in [-0.2, 0) is 14.3 Å². The average Bonchev–Trinajstić information content (AvgIpc) is 3.48. The van der Waals surface area contributed by atoms with E-state index in [1.54, 1.807) is 0 Å². The first-order valence-corrected chi connectivity index (χ1v) is 38.3. The molecule has 0 spiro atoms. The van der Waals surface area contributed by atoms with Gasteiger partial charge in [0.1, 0.15) is 0 Å². The van der Waals surface area contributed by atoms with Gasteiger partial charge in [0.2, 0.25) is 5.91 Å². The zero-order valence-electron chi connectivity index (χ0n) is 56.3. The zero-order valence-corrected chi connectivity index (χ0v) is 56.3. The zero-order chi connectivity index (χ0) is 59.2. The maximum absolute atomic E-state index is 12.5. The molecule has 3 N–H and O–H groups in total. The first kappa shape index (κ1) is 80.9. The highest BCUT2D eigenvalue weighted by atomic mass is 16.5. The van der Waals surface area contributed by atoms with Gasteiger partial charge in [0.05, 0.1) is 25.4 Å². The standard InChI is InChI=1S/C76H151NO5/c1-3-5-7-9-11-13-15-17-46-50-54-58-62-66-70-76(81)82-71-67-63-59-55-51-47-44-42-40-38-36-34-32-30-28-26-24-22-20-18-19-21-23-25-27-29-31-33-35-37-39-41-43-45-49-53-57-61-65-69-75(80)77-73(72-78)74(79)68-64-60-56-52-48-16-14-12-10-8-6-4-2/h73-74,78-79H,3-72H2,1-2H3,(H,77,80). The van der Waals surface area contributed by atoms with E-state index in [4.69, 9.17) is 4.74 Å². The number of esters is 1. The van der Waals surface area contributed by atoms with E-state index in [1.807, 2.05) is 0 Å². The number of carbonyl (C=O) groups is 2. The number of nitrogens with one attached hydrogen (secondary N) is 1. The Bertz CT molecular complexity index is 1200. The van der Waals surface area contributed by atoms with Crippen molar-refractivity contribution in [3.05, 3.63) is 0 Å². The minimum Gasteiger partial charge on any atom is -0.466 e. The minimum absolute atomic E-state index is 0.0262. The number of aliphatic hydroxyl groups is 2. The molecule has 0 aliphatic rings. The maximum Gasteiger partial charge on any atom is 0.305 e. The van der Waals surface area contributed by atoms with Gasteiger partial charge in [-0.05, 0) is 25.7 Å². The lowest BCUT2D eigenvalue weighted by Gasteiger charge is -2.22. The van der Waals surface area contributed by atoms with Crippen LogP contribution in [0, 0.1) is 0 Å². The number of carbonyl (C=O) groups excluding carboxylic acids is 2. The van der Waals surface area contributed by atoms with Gasteiger partial charge in [-0.25, -0.2) is 0 Å². The number of hydrogen-bond donors (Lipinski definition) is 3. The molecule has 6 heteroatoms. The van der Waals surface area contributed by atoms with Gasteiger partial charge in [0, 0.05) is 12.8 Å². The summed E-state index contributed by atoms with van der Waals surface area (Å²) in [7, 11) is 0. The van der Waals surface area contributed by atoms with E-state index in [0.29, 0.717) is 25.9 Å². The third kappa shape index (κ3) is 68.0. The predicted molar refractivity (Wildman–Crippen MR) is 361 cm³/mol. The summed E-state index contributed by atoms with van der Waals surface area (Å²) in [5, 5.41) is 23.3. The predicted octanol–water partition coefficient (Wildman–Crippen LogP) is 24.9. The van der Waals surface area contributed by atoms with Crippen LogP contribution in [0.4, 0.5) is 0 Å². The second-order valence-corrected chi connectivity index (χ2v) is 26.7. The first-order valence-electron chi connectivity index (χ1n) is 38.3. The molecule has 6 nitrogen and oxygen atoms in total. The fourth-order valence-corrected chi connectivity index (χ4v) is 12.6. The van der Waals surface area contributed by atoms with Gasteiger partial charge < -0.3 is 20.3 Å². The number of unbranched alkanes of at least 4 members (excludes halogenated alkanes) is 62. The van der Waals surface area contributed by atoms with Gasteiger partial charge in [0.15, 0.2) is 0 Å². The third-order valence-corrected chi connectivity index (χ3v) is 18.4. The molecule has 0 rings (SSSR count). The van der Waals surface area contributed by atoms with Crippen LogP contribution in [-0.4, -0.2) is 47.4 Å². The lowest BCUT2D eigenvalue weighted by atomic mass is 10.0. The SMILES string of the molecule is CCCCCCCCCCCCCCCCC(=O)OCCCCCCCCCCCCCCCCCCCCCCCCCCCCCCCCCCCCCCCCCC(=O)NC(CO)C(O)CCCCCCCCCCCCCC. The number of aliphatic hydroxyl groups excluding tert-OH is 2. The van der Waals surface area contributed by atoms with E-state index in [-0.39, 0.29) is 18.5 Å². The highest BCUT2D eigenvalue weighted by Crippen LogP contribution is 2.20. The lowest BCUT2D eigenvalue weighted by molar-refractivity contribution is -0.143. The molecule has 0 saturated carbocycles. The van der Waals surface area contributed by atoms with Crippen LogP contribution in [0.25, 0.3) is 0 Å². The summed E-state index contributed by atoms with van der Waals surface area (Å²) in [4.78, 5) is 24.6. The molecule has 0 bridgehead atoms. The van der Waals surface area contributed by atoms with E-state index < -0.39 is 12.1 Å². The molecular weight excluding hydrogens is 1010 g/mol. The number of amides is 1. The number of ether oxygens (including phenoxy) is 1. The Balaban J connectivity index is 3.26. The molecule has 1 amide bonds. The van der Waals surface area contributed by atoms with E-state index in [2.05, 4.69) is 19.2 Å². The molecule has 0 aromatic carbocycles. The molecule has 82 heavy (non-hydrogen) atoms. The molecular formula is C76H151NO5. The molecule has 490 valence electrons. The molecule has 0 aromatic heterocycles. The first-order chi connectivity index (χ1) is 40.5. The van der Waals surface area contributed by atoms with Crippen LogP contribution in [0.5, 0.6) is 0 Å². The van der Waals surface area contributed by atoms with Crippen LogP contribution < -0.4 is 5.32 Å². The van der Waals surface area contributed by atoms with Crippen LogP contribution >= 0.6 is 0 Å². The Labute approximate surface area is 515 Å². The third-order valence-electron chi connectivity index (χ3n) is 18.4. The molecule has 0 heterocycles. The molecule has 0 aliphatic carbocycles. The summed E-state index contributed by atoms with van der Waals surface area (Å²) in [5.41, 5.74) is 0. The van der Waals surface area contributed by atoms with Crippen molar-refractivity contribution in [3.63, 3.8) is 0 Å². The van der Waals surface area contributed by atoms with Crippen molar-refractivity contribution in [2.75, 3.05) is 13.2 Å². The highest BCUT2D eigenvalue weighted by molar-refractivity contribution is 5.76. The van der Waals surface area contributed by atoms with Gasteiger partial charge in [-0.1, -0.05) is 412 Å². The van der Waals surface area contributed by atoms with E-state index in [9.17, 15) is 19.8 Å². The maximum atomic E-state index is 12.5. The lowest BCUT2D eigenvalue weighted by Crippen LogP contribution is -2.45. The van der Waals surface area contributed by atoms with E-state index >= 15 is 0 Å². The fraction of sp³-hybridized carbons (Fsp3) is 0.974. The molecule has 2 atom stereocenters. The smallest absolute Gasteiger partial charge is 0.305 e. The van der Waals surface area contributed by atoms with Crippen LogP contribution in [0.15, 0.2) is 0 Å². The Morgan fingerprint density at radius 2 is 0.500 bits per heavy atom. The molecule has 2 unspecified atom stereocenters. The van der Waals surface area contributed by atoms with Crippen molar-refractivity contribution >= 4 is 11.9 Å². The van der Waals surface area contributed by atoms with Crippen molar-refractivity contribution in [2.24, 2.45) is 0 Å². The minimum atomic E-state index is -0.657. The van der Waals surface area contributed by atoms with Gasteiger partial charge in [-0.2, -0.15) is 0 Å². The Kier molecular flexibility index (Phi) is 71.3. The van der Waals surface area contributed by atoms with Gasteiger partial charge in [-0.15, -0.1) is 0 Å². The summed E-state index contributed by atoms with van der Waals surface area (Å²) in [6, 6.07) is -0.534. The van der Waals surface area contributed by atoms with Crippen molar-refractivity contribution in [1.29, 1.82) is 0 Å². The molecule has 0 fully saturated rings. The van der Waals surface area contributed by atoms with Crippen LogP contribution in [0.1, 0.15) is 450 Å². The number of hydrogen-bond acceptors (Lipinski definition) is 5. The Morgan fingerprint density at radius 1 is 0.293 bits per heavy atom. The molecule has 0 saturated heterocycles. The average molecular weight is 1160 g/mol. The van der Waals surface area contributed by atoms with Gasteiger partial charge in [-0.3, -0.25) is 9.59 Å². The van der Waals surface area contributed by atoms with Crippen molar-refractivity contribution < 1.29 is 24.5 Å². The summed E-state index contributed by atoms with van der Waals surface area (Å²) < 4.78 is 5.50. The molecule has 0 aromatic rings. The van der Waals surface area contributed by atoms with E-state index in [0.717, 1.165) is 38.5 Å². The summed E-state index contributed by atoms with van der Waals surface area (Å²) in [6.45, 7) is 5.00. The van der Waals surface area contributed by atoms with Crippen molar-refractivity contribution in [1.82, 2.24) is 5.32 Å². The molecule has 0 aliphatic heterocycles. The quantitative estimate of drug-likeness (QED) is 0.0417. The number of rotatable bonds is 73. The molecule has 0 radical (unpaired) electrons. The highest BCUT2D eigenvalue weighted by Gasteiger charge is 2.20. The van der Waals surface area contributed by atoms with Crippen LogP contribution in [0.3, 0.4) is 0 Å². The normalized spacial score (nSPS) is 12.4. The van der Waals surface area contributed by atoms with Gasteiger partial charge in [0.25, 0.3) is 0 Å². The summed E-state index contributed by atoms with van der Waals surface area (Å²) in [6.07, 6.45) is 89.2. The van der Waals surface area contributed by atoms with Crippen LogP contribution in [0.2, 0.25) is 0 Å².